The summed E-state index contributed by atoms with van der Waals surface area (Å²) in [6.07, 6.45) is 0. The van der Waals surface area contributed by atoms with E-state index in [0.717, 1.165) is 0 Å². The highest BCUT2D eigenvalue weighted by molar-refractivity contribution is 6.00. The largest absolute Gasteiger partial charge is 0.465 e. The zero-order chi connectivity index (χ0) is 12.3. The molecule has 4 atom stereocenters. The van der Waals surface area contributed by atoms with E-state index in [2.05, 4.69) is 0 Å². The number of esters is 1. The Morgan fingerprint density at radius 3 is 2.44 bits per heavy atom. The molecule has 0 amide bonds. The first-order valence-electron chi connectivity index (χ1n) is 5.40. The van der Waals surface area contributed by atoms with Crippen molar-refractivity contribution in [2.45, 2.75) is 32.0 Å². The zero-order valence-corrected chi connectivity index (χ0v) is 9.56. The predicted molar refractivity (Wildman–Crippen MR) is 53.4 cm³/mol. The van der Waals surface area contributed by atoms with Crippen LogP contribution in [0.3, 0.4) is 0 Å². The fourth-order valence-corrected chi connectivity index (χ4v) is 3.02. The third kappa shape index (κ3) is 1.02. The Labute approximate surface area is 93.4 Å². The Hall–Kier alpha value is -0.940. The molecule has 1 saturated heterocycles. The maximum absolute atomic E-state index is 11.9. The number of ether oxygens (including phenoxy) is 1. The first kappa shape index (κ1) is 11.5. The highest BCUT2D eigenvalue weighted by atomic mass is 16.5. The van der Waals surface area contributed by atoms with Crippen LogP contribution in [0.2, 0.25) is 0 Å². The van der Waals surface area contributed by atoms with Crippen molar-refractivity contribution in [3.05, 3.63) is 0 Å². The Balaban J connectivity index is 2.56. The van der Waals surface area contributed by atoms with Crippen LogP contribution >= 0.6 is 0 Å². The molecule has 90 valence electrons. The van der Waals surface area contributed by atoms with E-state index < -0.39 is 40.7 Å². The molecule has 2 rings (SSSR count). The first-order valence-corrected chi connectivity index (χ1v) is 5.40. The number of Topliss-reactive ketones (excluding diaryl/α,β-unsaturated/α-hetero) is 1. The lowest BCUT2D eigenvalue weighted by molar-refractivity contribution is -0.184. The molecular formula is C11H16O5. The molecule has 0 radical (unpaired) electrons. The molecule has 0 bridgehead atoms. The maximum Gasteiger partial charge on any atom is 0.312 e. The number of carbonyl (C=O) groups excluding carboxylic acids is 2. The maximum atomic E-state index is 11.9. The van der Waals surface area contributed by atoms with Crippen LogP contribution in [0.1, 0.15) is 20.8 Å². The molecule has 0 aromatic carbocycles. The summed E-state index contributed by atoms with van der Waals surface area (Å²) >= 11 is 0. The monoisotopic (exact) mass is 228 g/mol. The summed E-state index contributed by atoms with van der Waals surface area (Å²) in [5.41, 5.74) is -3.61. The van der Waals surface area contributed by atoms with Crippen molar-refractivity contribution in [3.8, 4) is 0 Å². The van der Waals surface area contributed by atoms with Crippen LogP contribution in [0.5, 0.6) is 0 Å². The Bertz CT molecular complexity index is 359. The van der Waals surface area contributed by atoms with Crippen molar-refractivity contribution < 1.29 is 24.5 Å². The zero-order valence-electron chi connectivity index (χ0n) is 9.56. The molecule has 1 aliphatic carbocycles. The SMILES string of the molecule is CC(C)[C@]1(O)[C@@H]2C(=O)OC[C@@H]2C(=O)[C@@]1(C)O. The van der Waals surface area contributed by atoms with Gasteiger partial charge in [0.2, 0.25) is 0 Å². The lowest BCUT2D eigenvalue weighted by atomic mass is 9.73. The standard InChI is InChI=1S/C11H16O5/c1-5(2)11(15)7-6(4-16-9(7)13)8(12)10(11,3)14/h5-7,14-15H,4H2,1-3H3/t6-,7-,10+,11-/m0/s1. The molecular weight excluding hydrogens is 212 g/mol. The summed E-state index contributed by atoms with van der Waals surface area (Å²) < 4.78 is 4.80. The Kier molecular flexibility index (Phi) is 2.20. The van der Waals surface area contributed by atoms with Crippen LogP contribution in [0, 0.1) is 17.8 Å². The van der Waals surface area contributed by atoms with Gasteiger partial charge in [-0.05, 0) is 12.8 Å². The highest BCUT2D eigenvalue weighted by Crippen LogP contribution is 2.51. The van der Waals surface area contributed by atoms with Crippen LogP contribution in [0.4, 0.5) is 0 Å². The van der Waals surface area contributed by atoms with Crippen LogP contribution < -0.4 is 0 Å². The summed E-state index contributed by atoms with van der Waals surface area (Å²) in [4.78, 5) is 23.5. The van der Waals surface area contributed by atoms with Gasteiger partial charge in [-0.25, -0.2) is 0 Å². The van der Waals surface area contributed by atoms with Crippen molar-refractivity contribution >= 4 is 11.8 Å². The van der Waals surface area contributed by atoms with Gasteiger partial charge >= 0.3 is 5.97 Å². The summed E-state index contributed by atoms with van der Waals surface area (Å²) in [6.45, 7) is 4.60. The fourth-order valence-electron chi connectivity index (χ4n) is 3.02. The molecule has 16 heavy (non-hydrogen) atoms. The molecule has 1 aliphatic heterocycles. The lowest BCUT2D eigenvalue weighted by Gasteiger charge is -2.39. The van der Waals surface area contributed by atoms with Gasteiger partial charge < -0.3 is 14.9 Å². The molecule has 2 N–H and O–H groups in total. The second-order valence-corrected chi connectivity index (χ2v) is 5.13. The van der Waals surface area contributed by atoms with Gasteiger partial charge in [0.15, 0.2) is 5.78 Å². The van der Waals surface area contributed by atoms with Gasteiger partial charge in [-0.1, -0.05) is 13.8 Å². The minimum absolute atomic E-state index is 0.0342. The van der Waals surface area contributed by atoms with Crippen molar-refractivity contribution in [1.82, 2.24) is 0 Å². The highest BCUT2D eigenvalue weighted by Gasteiger charge is 2.72. The predicted octanol–water partition coefficient (Wildman–Crippen LogP) is -0.504. The van der Waals surface area contributed by atoms with Crippen molar-refractivity contribution in [3.63, 3.8) is 0 Å². The molecule has 1 saturated carbocycles. The van der Waals surface area contributed by atoms with Gasteiger partial charge in [-0.2, -0.15) is 0 Å². The third-order valence-corrected chi connectivity index (χ3v) is 4.01. The van der Waals surface area contributed by atoms with Crippen LogP contribution in [0.15, 0.2) is 0 Å². The van der Waals surface area contributed by atoms with E-state index in [1.165, 1.54) is 6.92 Å². The van der Waals surface area contributed by atoms with E-state index in [4.69, 9.17) is 4.74 Å². The van der Waals surface area contributed by atoms with E-state index in [1.54, 1.807) is 13.8 Å². The van der Waals surface area contributed by atoms with Gasteiger partial charge in [0.25, 0.3) is 0 Å². The fraction of sp³-hybridized carbons (Fsp3) is 0.818. The number of carbonyl (C=O) groups is 2. The molecule has 0 spiro atoms. The first-order chi connectivity index (χ1) is 7.24. The molecule has 2 aliphatic rings. The topological polar surface area (TPSA) is 83.8 Å². The number of hydrogen-bond donors (Lipinski definition) is 2. The lowest BCUT2D eigenvalue weighted by Crippen LogP contribution is -2.59. The normalized spacial score (nSPS) is 47.4. The van der Waals surface area contributed by atoms with E-state index >= 15 is 0 Å². The number of hydrogen-bond acceptors (Lipinski definition) is 5. The van der Waals surface area contributed by atoms with Crippen molar-refractivity contribution in [2.24, 2.45) is 17.8 Å². The average Bonchev–Trinajstić information content (AvgIpc) is 2.62. The second kappa shape index (κ2) is 3.05. The number of rotatable bonds is 1. The third-order valence-electron chi connectivity index (χ3n) is 4.01. The Morgan fingerprint density at radius 2 is 1.94 bits per heavy atom. The minimum Gasteiger partial charge on any atom is -0.465 e. The quantitative estimate of drug-likeness (QED) is 0.591. The molecule has 2 fully saturated rings. The molecule has 0 aromatic heterocycles. The smallest absolute Gasteiger partial charge is 0.312 e. The van der Waals surface area contributed by atoms with Crippen LogP contribution in [-0.2, 0) is 14.3 Å². The van der Waals surface area contributed by atoms with Gasteiger partial charge in [0.05, 0.1) is 5.92 Å². The van der Waals surface area contributed by atoms with Crippen LogP contribution in [-0.4, -0.2) is 39.8 Å². The van der Waals surface area contributed by atoms with Crippen molar-refractivity contribution in [2.75, 3.05) is 6.61 Å². The summed E-state index contributed by atoms with van der Waals surface area (Å²) in [5.74, 6) is -3.15. The van der Waals surface area contributed by atoms with Gasteiger partial charge in [-0.15, -0.1) is 0 Å². The number of cyclic esters (lactones) is 1. The van der Waals surface area contributed by atoms with E-state index in [1.807, 2.05) is 0 Å². The van der Waals surface area contributed by atoms with E-state index in [0.29, 0.717) is 0 Å². The molecule has 5 nitrogen and oxygen atoms in total. The summed E-state index contributed by atoms with van der Waals surface area (Å²) in [7, 11) is 0. The summed E-state index contributed by atoms with van der Waals surface area (Å²) in [5, 5.41) is 20.7. The molecule has 5 heteroatoms. The second-order valence-electron chi connectivity index (χ2n) is 5.13. The number of aliphatic hydroxyl groups is 2. The summed E-state index contributed by atoms with van der Waals surface area (Å²) in [6, 6.07) is 0. The number of fused-ring (bicyclic) bond motifs is 1. The van der Waals surface area contributed by atoms with E-state index in [-0.39, 0.29) is 6.61 Å². The molecule has 1 heterocycles. The van der Waals surface area contributed by atoms with Crippen molar-refractivity contribution in [1.29, 1.82) is 0 Å². The van der Waals surface area contributed by atoms with Gasteiger partial charge in [0.1, 0.15) is 23.7 Å². The Morgan fingerprint density at radius 1 is 1.38 bits per heavy atom. The van der Waals surface area contributed by atoms with Gasteiger partial charge in [-0.3, -0.25) is 9.59 Å². The van der Waals surface area contributed by atoms with Gasteiger partial charge in [0, 0.05) is 0 Å². The molecule has 0 unspecified atom stereocenters. The number of ketones is 1. The van der Waals surface area contributed by atoms with Crippen LogP contribution in [0.25, 0.3) is 0 Å². The average molecular weight is 228 g/mol. The minimum atomic E-state index is -1.88. The van der Waals surface area contributed by atoms with E-state index in [9.17, 15) is 19.8 Å². The molecule has 0 aromatic rings.